The normalized spacial score (nSPS) is 19.8. The minimum absolute atomic E-state index is 0.00278. The van der Waals surface area contributed by atoms with Crippen LogP contribution in [0.4, 0.5) is 5.69 Å². The maximum Gasteiger partial charge on any atom is 0.220 e. The van der Waals surface area contributed by atoms with E-state index in [1.54, 1.807) is 0 Å². The van der Waals surface area contributed by atoms with Crippen LogP contribution in [0, 0.1) is 5.92 Å². The molecular formula is C16H24N2O3S. The molecular weight excluding hydrogens is 300 g/mol. The van der Waals surface area contributed by atoms with Crippen LogP contribution in [-0.2, 0) is 14.6 Å². The first-order valence-electron chi connectivity index (χ1n) is 7.69. The van der Waals surface area contributed by atoms with E-state index in [9.17, 15) is 13.2 Å². The molecule has 6 heteroatoms. The van der Waals surface area contributed by atoms with Crippen LogP contribution in [0.1, 0.15) is 19.3 Å². The summed E-state index contributed by atoms with van der Waals surface area (Å²) in [5, 5.41) is 2.88. The molecule has 1 aromatic rings. The third kappa shape index (κ3) is 5.33. The largest absolute Gasteiger partial charge is 0.375 e. The van der Waals surface area contributed by atoms with Gasteiger partial charge in [-0.3, -0.25) is 4.79 Å². The van der Waals surface area contributed by atoms with Crippen molar-refractivity contribution >= 4 is 21.4 Å². The molecule has 1 fully saturated rings. The molecule has 22 heavy (non-hydrogen) atoms. The summed E-state index contributed by atoms with van der Waals surface area (Å²) in [6.45, 7) is 1.48. The maximum absolute atomic E-state index is 11.8. The topological polar surface area (TPSA) is 66.5 Å². The molecule has 1 aliphatic heterocycles. The summed E-state index contributed by atoms with van der Waals surface area (Å²) >= 11 is 0. The Bertz CT molecular complexity index is 587. The van der Waals surface area contributed by atoms with Gasteiger partial charge in [0.25, 0.3) is 0 Å². The van der Waals surface area contributed by atoms with E-state index in [1.807, 2.05) is 25.2 Å². The molecule has 2 rings (SSSR count). The lowest BCUT2D eigenvalue weighted by Crippen LogP contribution is -2.29. The van der Waals surface area contributed by atoms with Crippen molar-refractivity contribution in [2.75, 3.05) is 36.5 Å². The summed E-state index contributed by atoms with van der Waals surface area (Å²) in [5.74, 6) is 0.353. The van der Waals surface area contributed by atoms with Crippen LogP contribution >= 0.6 is 0 Å². The van der Waals surface area contributed by atoms with Gasteiger partial charge >= 0.3 is 0 Å². The van der Waals surface area contributed by atoms with E-state index >= 15 is 0 Å². The molecule has 5 nitrogen and oxygen atoms in total. The molecule has 1 saturated heterocycles. The molecule has 1 aromatic carbocycles. The predicted octanol–water partition coefficient (Wildman–Crippen LogP) is 1.45. The van der Waals surface area contributed by atoms with Crippen molar-refractivity contribution in [1.82, 2.24) is 5.32 Å². The molecule has 1 atom stereocenters. The van der Waals surface area contributed by atoms with Crippen molar-refractivity contribution in [1.29, 1.82) is 0 Å². The molecule has 0 aliphatic carbocycles. The zero-order valence-electron chi connectivity index (χ0n) is 13.0. The Morgan fingerprint density at radius 1 is 1.32 bits per heavy atom. The standard InChI is InChI=1S/C16H24N2O3S/c1-18(15-6-3-2-4-7-15)10-5-9-17-16(19)12-14-8-11-22(20,21)13-14/h2-4,6-7,14H,5,8-13H2,1H3,(H,17,19). The Morgan fingerprint density at radius 2 is 2.05 bits per heavy atom. The SMILES string of the molecule is CN(CCCNC(=O)CC1CCS(=O)(=O)C1)c1ccccc1. The van der Waals surface area contributed by atoms with Crippen LogP contribution in [-0.4, -0.2) is 46.0 Å². The van der Waals surface area contributed by atoms with Crippen LogP contribution in [0.5, 0.6) is 0 Å². The quantitative estimate of drug-likeness (QED) is 0.771. The van der Waals surface area contributed by atoms with Gasteiger partial charge in [-0.1, -0.05) is 18.2 Å². The second-order valence-electron chi connectivity index (χ2n) is 5.93. The van der Waals surface area contributed by atoms with E-state index < -0.39 is 9.84 Å². The van der Waals surface area contributed by atoms with Gasteiger partial charge in [-0.15, -0.1) is 0 Å². The van der Waals surface area contributed by atoms with Gasteiger partial charge in [0.05, 0.1) is 11.5 Å². The summed E-state index contributed by atoms with van der Waals surface area (Å²) in [7, 11) is -0.866. The molecule has 1 unspecified atom stereocenters. The minimum atomic E-state index is -2.89. The third-order valence-electron chi connectivity index (χ3n) is 3.99. The van der Waals surface area contributed by atoms with Gasteiger partial charge in [-0.25, -0.2) is 8.42 Å². The monoisotopic (exact) mass is 324 g/mol. The second-order valence-corrected chi connectivity index (χ2v) is 8.16. The first-order chi connectivity index (χ1) is 10.5. The number of rotatable bonds is 7. The maximum atomic E-state index is 11.8. The van der Waals surface area contributed by atoms with Gasteiger partial charge < -0.3 is 10.2 Å². The van der Waals surface area contributed by atoms with E-state index in [2.05, 4.69) is 22.3 Å². The average molecular weight is 324 g/mol. The van der Waals surface area contributed by atoms with Crippen LogP contribution < -0.4 is 10.2 Å². The summed E-state index contributed by atoms with van der Waals surface area (Å²) in [6.07, 6.45) is 1.81. The Morgan fingerprint density at radius 3 is 2.68 bits per heavy atom. The van der Waals surface area contributed by atoms with Gasteiger partial charge in [0, 0.05) is 32.2 Å². The zero-order chi connectivity index (χ0) is 16.0. The minimum Gasteiger partial charge on any atom is -0.375 e. The third-order valence-corrected chi connectivity index (χ3v) is 5.83. The summed E-state index contributed by atoms with van der Waals surface area (Å²) in [4.78, 5) is 14.0. The van der Waals surface area contributed by atoms with E-state index in [1.165, 1.54) is 0 Å². The molecule has 1 heterocycles. The number of para-hydroxylation sites is 1. The van der Waals surface area contributed by atoms with Gasteiger partial charge in [-0.05, 0) is 30.9 Å². The fraction of sp³-hybridized carbons (Fsp3) is 0.562. The first-order valence-corrected chi connectivity index (χ1v) is 9.52. The lowest BCUT2D eigenvalue weighted by molar-refractivity contribution is -0.121. The molecule has 1 amide bonds. The molecule has 1 aliphatic rings. The molecule has 1 N–H and O–H groups in total. The van der Waals surface area contributed by atoms with Gasteiger partial charge in [0.15, 0.2) is 9.84 Å². The van der Waals surface area contributed by atoms with Crippen LogP contribution in [0.25, 0.3) is 0 Å². The van der Waals surface area contributed by atoms with Gasteiger partial charge in [0.1, 0.15) is 0 Å². The number of carbonyl (C=O) groups is 1. The number of carbonyl (C=O) groups excluding carboxylic acids is 1. The van der Waals surface area contributed by atoms with Crippen molar-refractivity contribution in [3.63, 3.8) is 0 Å². The highest BCUT2D eigenvalue weighted by Crippen LogP contribution is 2.21. The highest BCUT2D eigenvalue weighted by molar-refractivity contribution is 7.91. The van der Waals surface area contributed by atoms with Crippen molar-refractivity contribution in [2.45, 2.75) is 19.3 Å². The number of anilines is 1. The summed E-state index contributed by atoms with van der Waals surface area (Å²) in [5.41, 5.74) is 1.16. The number of nitrogens with one attached hydrogen (secondary N) is 1. The molecule has 0 bridgehead atoms. The van der Waals surface area contributed by atoms with E-state index in [0.717, 1.165) is 18.7 Å². The Hall–Kier alpha value is -1.56. The first kappa shape index (κ1) is 16.8. The van der Waals surface area contributed by atoms with Crippen molar-refractivity contribution < 1.29 is 13.2 Å². The smallest absolute Gasteiger partial charge is 0.220 e. The number of sulfone groups is 1. The molecule has 0 spiro atoms. The van der Waals surface area contributed by atoms with Gasteiger partial charge in [-0.2, -0.15) is 0 Å². The Labute approximate surface area is 132 Å². The zero-order valence-corrected chi connectivity index (χ0v) is 13.8. The van der Waals surface area contributed by atoms with Crippen molar-refractivity contribution in [3.05, 3.63) is 30.3 Å². The average Bonchev–Trinajstić information content (AvgIpc) is 2.83. The number of nitrogens with zero attached hydrogens (tertiary/aromatic N) is 1. The van der Waals surface area contributed by atoms with E-state index in [-0.39, 0.29) is 23.3 Å². The van der Waals surface area contributed by atoms with Crippen molar-refractivity contribution in [3.8, 4) is 0 Å². The fourth-order valence-electron chi connectivity index (χ4n) is 2.72. The molecule has 0 radical (unpaired) electrons. The second kappa shape index (κ2) is 7.63. The lowest BCUT2D eigenvalue weighted by atomic mass is 10.1. The van der Waals surface area contributed by atoms with Crippen molar-refractivity contribution in [2.24, 2.45) is 5.92 Å². The number of benzene rings is 1. The summed E-state index contributed by atoms with van der Waals surface area (Å²) in [6, 6.07) is 10.1. The molecule has 0 saturated carbocycles. The Kier molecular flexibility index (Phi) is 5.83. The predicted molar refractivity (Wildman–Crippen MR) is 88.7 cm³/mol. The van der Waals surface area contributed by atoms with E-state index in [4.69, 9.17) is 0 Å². The Balaban J connectivity index is 1.61. The molecule has 122 valence electrons. The highest BCUT2D eigenvalue weighted by atomic mass is 32.2. The number of hydrogen-bond acceptors (Lipinski definition) is 4. The van der Waals surface area contributed by atoms with Crippen LogP contribution in [0.3, 0.4) is 0 Å². The number of hydrogen-bond donors (Lipinski definition) is 1. The summed E-state index contributed by atoms with van der Waals surface area (Å²) < 4.78 is 22.7. The fourth-order valence-corrected chi connectivity index (χ4v) is 4.58. The highest BCUT2D eigenvalue weighted by Gasteiger charge is 2.29. The number of amides is 1. The van der Waals surface area contributed by atoms with Gasteiger partial charge in [0.2, 0.25) is 5.91 Å². The molecule has 0 aromatic heterocycles. The van der Waals surface area contributed by atoms with Crippen LogP contribution in [0.15, 0.2) is 30.3 Å². The van der Waals surface area contributed by atoms with Crippen LogP contribution in [0.2, 0.25) is 0 Å². The van der Waals surface area contributed by atoms with E-state index in [0.29, 0.717) is 19.4 Å². The lowest BCUT2D eigenvalue weighted by Gasteiger charge is -2.19.